The Morgan fingerprint density at radius 1 is 1.10 bits per heavy atom. The molecule has 0 radical (unpaired) electrons. The summed E-state index contributed by atoms with van der Waals surface area (Å²) >= 11 is 1.58. The highest BCUT2D eigenvalue weighted by atomic mass is 32.1. The number of nitrogens with zero attached hydrogens (tertiary/aromatic N) is 5. The van der Waals surface area contributed by atoms with Crippen LogP contribution >= 0.6 is 11.3 Å². The SMILES string of the molecule is Cc1ccc(-c2ccc(=O)n(CC(=O)N3CCN(c4ccccc4[N+](=O)[O-])CC3)n2)s1. The first-order chi connectivity index (χ1) is 14.9. The lowest BCUT2D eigenvalue weighted by molar-refractivity contribution is -0.384. The van der Waals surface area contributed by atoms with E-state index in [9.17, 15) is 19.7 Å². The molecule has 1 saturated heterocycles. The van der Waals surface area contributed by atoms with Gasteiger partial charge in [-0.05, 0) is 31.2 Å². The van der Waals surface area contributed by atoms with Crippen LogP contribution in [-0.4, -0.2) is 51.7 Å². The topological polar surface area (TPSA) is 102 Å². The lowest BCUT2D eigenvalue weighted by atomic mass is 10.2. The van der Waals surface area contributed by atoms with Crippen molar-refractivity contribution in [2.75, 3.05) is 31.1 Å². The summed E-state index contributed by atoms with van der Waals surface area (Å²) in [7, 11) is 0. The summed E-state index contributed by atoms with van der Waals surface area (Å²) in [4.78, 5) is 41.6. The van der Waals surface area contributed by atoms with Crippen LogP contribution < -0.4 is 10.5 Å². The molecule has 0 spiro atoms. The Morgan fingerprint density at radius 3 is 2.52 bits per heavy atom. The minimum absolute atomic E-state index is 0.0543. The van der Waals surface area contributed by atoms with Crippen LogP contribution in [0.4, 0.5) is 11.4 Å². The summed E-state index contributed by atoms with van der Waals surface area (Å²) in [6.45, 7) is 3.66. The van der Waals surface area contributed by atoms with Gasteiger partial charge in [0.05, 0.1) is 9.80 Å². The Bertz CT molecular complexity index is 1180. The van der Waals surface area contributed by atoms with Crippen molar-refractivity contribution < 1.29 is 9.72 Å². The molecule has 0 saturated carbocycles. The number of carbonyl (C=O) groups is 1. The second-order valence-electron chi connectivity index (χ2n) is 7.24. The van der Waals surface area contributed by atoms with E-state index in [2.05, 4.69) is 5.10 Å². The predicted molar refractivity (Wildman–Crippen MR) is 118 cm³/mol. The van der Waals surface area contributed by atoms with Crippen LogP contribution in [0.5, 0.6) is 0 Å². The fraction of sp³-hybridized carbons (Fsp3) is 0.286. The molecule has 3 heterocycles. The van der Waals surface area contributed by atoms with Gasteiger partial charge in [-0.1, -0.05) is 12.1 Å². The van der Waals surface area contributed by atoms with Gasteiger partial charge >= 0.3 is 0 Å². The van der Waals surface area contributed by atoms with Gasteiger partial charge in [0.25, 0.3) is 11.2 Å². The van der Waals surface area contributed by atoms with Gasteiger partial charge in [-0.2, -0.15) is 5.10 Å². The number of aromatic nitrogens is 2. The van der Waals surface area contributed by atoms with E-state index in [0.29, 0.717) is 37.6 Å². The lowest BCUT2D eigenvalue weighted by Gasteiger charge is -2.35. The molecule has 0 bridgehead atoms. The number of piperazine rings is 1. The van der Waals surface area contributed by atoms with Gasteiger partial charge in [0, 0.05) is 43.2 Å². The molecule has 1 aliphatic heterocycles. The molecule has 10 heteroatoms. The number of anilines is 1. The second kappa shape index (κ2) is 8.68. The third-order valence-electron chi connectivity index (χ3n) is 5.20. The largest absolute Gasteiger partial charge is 0.362 e. The molecule has 160 valence electrons. The zero-order valence-electron chi connectivity index (χ0n) is 16.9. The van der Waals surface area contributed by atoms with E-state index in [4.69, 9.17) is 0 Å². The molecule has 0 N–H and O–H groups in total. The van der Waals surface area contributed by atoms with Crippen molar-refractivity contribution in [3.8, 4) is 10.6 Å². The van der Waals surface area contributed by atoms with Crippen molar-refractivity contribution in [3.05, 3.63) is 73.9 Å². The van der Waals surface area contributed by atoms with Crippen molar-refractivity contribution in [1.82, 2.24) is 14.7 Å². The molecule has 1 aliphatic rings. The van der Waals surface area contributed by atoms with Crippen molar-refractivity contribution in [3.63, 3.8) is 0 Å². The van der Waals surface area contributed by atoms with E-state index < -0.39 is 4.92 Å². The molecule has 0 aliphatic carbocycles. The molecule has 31 heavy (non-hydrogen) atoms. The van der Waals surface area contributed by atoms with Crippen LogP contribution in [0.3, 0.4) is 0 Å². The van der Waals surface area contributed by atoms with Crippen molar-refractivity contribution in [2.24, 2.45) is 0 Å². The van der Waals surface area contributed by atoms with Gasteiger partial charge in [0.2, 0.25) is 5.91 Å². The van der Waals surface area contributed by atoms with Crippen LogP contribution in [0.25, 0.3) is 10.6 Å². The number of hydrogen-bond donors (Lipinski definition) is 0. The number of para-hydroxylation sites is 2. The third-order valence-corrected chi connectivity index (χ3v) is 6.22. The van der Waals surface area contributed by atoms with E-state index in [-0.39, 0.29) is 23.7 Å². The Kier molecular flexibility index (Phi) is 5.81. The van der Waals surface area contributed by atoms with Crippen LogP contribution in [0.15, 0.2) is 53.3 Å². The number of carbonyl (C=O) groups excluding carboxylic acids is 1. The zero-order chi connectivity index (χ0) is 22.0. The summed E-state index contributed by atoms with van der Waals surface area (Å²) < 4.78 is 1.20. The first-order valence-electron chi connectivity index (χ1n) is 9.83. The maximum Gasteiger partial charge on any atom is 0.292 e. The van der Waals surface area contributed by atoms with Crippen LogP contribution in [-0.2, 0) is 11.3 Å². The number of thiophene rings is 1. The number of benzene rings is 1. The summed E-state index contributed by atoms with van der Waals surface area (Å²) in [6.07, 6.45) is 0. The van der Waals surface area contributed by atoms with E-state index in [1.54, 1.807) is 40.5 Å². The van der Waals surface area contributed by atoms with Gasteiger partial charge in [-0.3, -0.25) is 19.7 Å². The van der Waals surface area contributed by atoms with E-state index in [1.165, 1.54) is 16.8 Å². The molecular formula is C21H21N5O4S. The Balaban J connectivity index is 1.43. The smallest absolute Gasteiger partial charge is 0.292 e. The van der Waals surface area contributed by atoms with Crippen LogP contribution in [0.2, 0.25) is 0 Å². The van der Waals surface area contributed by atoms with Crippen LogP contribution in [0.1, 0.15) is 4.88 Å². The zero-order valence-corrected chi connectivity index (χ0v) is 17.7. The number of nitro benzene ring substituents is 1. The standard InChI is InChI=1S/C21H21N5O4S/c1-15-6-8-19(31-15)16-7-9-20(27)25(22-16)14-21(28)24-12-10-23(11-13-24)17-4-2-3-5-18(17)26(29)30/h2-9H,10-14H2,1H3. The molecule has 4 rings (SSSR count). The summed E-state index contributed by atoms with van der Waals surface area (Å²) in [5.41, 5.74) is 0.936. The lowest BCUT2D eigenvalue weighted by Crippen LogP contribution is -2.50. The Morgan fingerprint density at radius 2 is 1.84 bits per heavy atom. The predicted octanol–water partition coefficient (Wildman–Crippen LogP) is 2.54. The maximum atomic E-state index is 12.8. The van der Waals surface area contributed by atoms with Crippen molar-refractivity contribution in [1.29, 1.82) is 0 Å². The third kappa shape index (κ3) is 4.48. The minimum atomic E-state index is -0.396. The summed E-state index contributed by atoms with van der Waals surface area (Å²) in [5.74, 6) is -0.198. The Hall–Kier alpha value is -3.53. The molecule has 0 atom stereocenters. The number of hydrogen-bond acceptors (Lipinski definition) is 7. The fourth-order valence-corrected chi connectivity index (χ4v) is 4.41. The molecule has 0 unspecified atom stereocenters. The first-order valence-corrected chi connectivity index (χ1v) is 10.6. The quantitative estimate of drug-likeness (QED) is 0.447. The number of nitro groups is 1. The summed E-state index contributed by atoms with van der Waals surface area (Å²) in [5, 5.41) is 15.6. The van der Waals surface area contributed by atoms with Crippen LogP contribution in [0, 0.1) is 17.0 Å². The first kappa shape index (κ1) is 20.7. The highest BCUT2D eigenvalue weighted by Crippen LogP contribution is 2.28. The monoisotopic (exact) mass is 439 g/mol. The van der Waals surface area contributed by atoms with Crippen molar-refractivity contribution in [2.45, 2.75) is 13.5 Å². The highest BCUT2D eigenvalue weighted by molar-refractivity contribution is 7.15. The molecule has 2 aromatic heterocycles. The summed E-state index contributed by atoms with van der Waals surface area (Å²) in [6, 6.07) is 13.6. The molecule has 1 aromatic carbocycles. The van der Waals surface area contributed by atoms with E-state index >= 15 is 0 Å². The maximum absolute atomic E-state index is 12.8. The molecule has 1 amide bonds. The number of amides is 1. The molecule has 3 aromatic rings. The van der Waals surface area contributed by atoms with Crippen molar-refractivity contribution >= 4 is 28.6 Å². The fourth-order valence-electron chi connectivity index (χ4n) is 3.58. The van der Waals surface area contributed by atoms with Gasteiger partial charge < -0.3 is 9.80 Å². The number of aryl methyl sites for hydroxylation is 1. The Labute approximate surface area is 182 Å². The van der Waals surface area contributed by atoms with Gasteiger partial charge in [0.1, 0.15) is 17.9 Å². The second-order valence-corrected chi connectivity index (χ2v) is 8.53. The average molecular weight is 439 g/mol. The minimum Gasteiger partial charge on any atom is -0.362 e. The van der Waals surface area contributed by atoms with E-state index in [0.717, 1.165) is 9.75 Å². The molecule has 9 nitrogen and oxygen atoms in total. The van der Waals surface area contributed by atoms with Gasteiger partial charge in [-0.25, -0.2) is 4.68 Å². The van der Waals surface area contributed by atoms with Gasteiger partial charge in [-0.15, -0.1) is 11.3 Å². The van der Waals surface area contributed by atoms with Gasteiger partial charge in [0.15, 0.2) is 0 Å². The highest BCUT2D eigenvalue weighted by Gasteiger charge is 2.25. The molecule has 1 fully saturated rings. The number of rotatable bonds is 5. The average Bonchev–Trinajstić information content (AvgIpc) is 3.21. The normalized spacial score (nSPS) is 14.0. The molecular weight excluding hydrogens is 418 g/mol. The van der Waals surface area contributed by atoms with E-state index in [1.807, 2.05) is 24.0 Å².